The zero-order chi connectivity index (χ0) is 35.7. The molecule has 0 spiro atoms. The molecule has 0 radical (unpaired) electrons. The van der Waals surface area contributed by atoms with Crippen LogP contribution in [-0.2, 0) is 35.2 Å². The van der Waals surface area contributed by atoms with Gasteiger partial charge >= 0.3 is 18.4 Å². The van der Waals surface area contributed by atoms with Gasteiger partial charge in [0.05, 0.1) is 27.9 Å². The molecule has 0 atom stereocenters. The van der Waals surface area contributed by atoms with Crippen molar-refractivity contribution in [1.82, 2.24) is 19.5 Å². The maximum Gasteiger partial charge on any atom is 0.511 e. The lowest BCUT2D eigenvalue weighted by Gasteiger charge is -2.18. The van der Waals surface area contributed by atoms with Crippen LogP contribution < -0.4 is 4.72 Å². The van der Waals surface area contributed by atoms with E-state index in [-0.39, 0.29) is 29.4 Å². The molecule has 0 fully saturated rings. The molecule has 0 bridgehead atoms. The van der Waals surface area contributed by atoms with Gasteiger partial charge in [-0.25, -0.2) is 27.4 Å². The number of aliphatic hydroxyl groups excluding tert-OH is 1. The third kappa shape index (κ3) is 11.0. The first-order valence-electron chi connectivity index (χ1n) is 14.0. The molecule has 262 valence electrons. The summed E-state index contributed by atoms with van der Waals surface area (Å²) >= 11 is 0. The molecule has 2 N–H and O–H groups in total. The highest BCUT2D eigenvalue weighted by Gasteiger charge is 2.35. The third-order valence-corrected chi connectivity index (χ3v) is 7.21. The number of benzene rings is 2. The number of hydrogen-bond donors (Lipinski definition) is 2. The number of amides is 1. The second-order valence-electron chi connectivity index (χ2n) is 10.8. The number of carbonyl (C=O) groups excluding carboxylic acids is 2. The van der Waals surface area contributed by atoms with Crippen molar-refractivity contribution in [3.63, 3.8) is 0 Å². The highest BCUT2D eigenvalue weighted by molar-refractivity contribution is 7.90. The minimum absolute atomic E-state index is 0.111. The normalized spacial score (nSPS) is 12.3. The van der Waals surface area contributed by atoms with Crippen LogP contribution in [0.4, 0.5) is 22.8 Å². The van der Waals surface area contributed by atoms with Gasteiger partial charge < -0.3 is 29.4 Å². The van der Waals surface area contributed by atoms with Crippen LogP contribution in [0.2, 0.25) is 0 Å². The Hall–Kier alpha value is -5.11. The average molecular weight is 703 g/mol. The Labute approximate surface area is 272 Å². The summed E-state index contributed by atoms with van der Waals surface area (Å²) in [6, 6.07) is 12.1. The molecule has 0 aliphatic rings. The number of carbonyl (C=O) groups is 2. The lowest BCUT2D eigenvalue weighted by molar-refractivity contribution is -0.712. The van der Waals surface area contributed by atoms with E-state index in [2.05, 4.69) is 20.0 Å². The Morgan fingerprint density at radius 2 is 1.71 bits per heavy atom. The average Bonchev–Trinajstić information content (AvgIpc) is 3.44. The van der Waals surface area contributed by atoms with Crippen LogP contribution in [0.25, 0.3) is 16.9 Å². The lowest BCUT2D eigenvalue weighted by Crippen LogP contribution is -2.38. The summed E-state index contributed by atoms with van der Waals surface area (Å²) in [4.78, 5) is 27.7. The second-order valence-corrected chi connectivity index (χ2v) is 12.5. The highest BCUT2D eigenvalue weighted by atomic mass is 32.2. The Morgan fingerprint density at radius 1 is 1.06 bits per heavy atom. The van der Waals surface area contributed by atoms with E-state index in [4.69, 9.17) is 9.47 Å². The van der Waals surface area contributed by atoms with E-state index >= 15 is 0 Å². The number of nitrogens with one attached hydrogen (secondary N) is 1. The molecule has 0 aliphatic carbocycles. The number of aryl methyl sites for hydroxylation is 1. The first-order valence-corrected chi connectivity index (χ1v) is 15.4. The summed E-state index contributed by atoms with van der Waals surface area (Å²) in [6.45, 7) is 4.10. The molecule has 16 nitrogen and oxygen atoms in total. The summed E-state index contributed by atoms with van der Waals surface area (Å²) in [7, 11) is -4.50. The number of aliphatic hydroxyl groups is 1. The number of nitrogens with zero attached hydrogens (tertiary/aromatic N) is 5. The number of hydrogen-bond acceptors (Lipinski definition) is 12. The van der Waals surface area contributed by atoms with Crippen LogP contribution in [0.1, 0.15) is 32.0 Å². The number of rotatable bonds is 13. The topological polar surface area (TPSA) is 197 Å². The van der Waals surface area contributed by atoms with Crippen LogP contribution >= 0.6 is 0 Å². The zero-order valence-electron chi connectivity index (χ0n) is 26.1. The van der Waals surface area contributed by atoms with E-state index in [0.717, 1.165) is 33.5 Å². The maximum absolute atomic E-state index is 13.5. The fraction of sp³-hybridized carbons (Fsp3) is 0.393. The Morgan fingerprint density at radius 3 is 2.29 bits per heavy atom. The molecule has 1 heterocycles. The van der Waals surface area contributed by atoms with Gasteiger partial charge in [-0.2, -0.15) is 18.3 Å². The maximum atomic E-state index is 13.5. The van der Waals surface area contributed by atoms with E-state index in [1.54, 1.807) is 49.8 Å². The van der Waals surface area contributed by atoms with E-state index in [0.29, 0.717) is 5.56 Å². The van der Waals surface area contributed by atoms with Crippen molar-refractivity contribution >= 4 is 22.3 Å². The Kier molecular flexibility index (Phi) is 12.2. The van der Waals surface area contributed by atoms with Crippen molar-refractivity contribution in [2.24, 2.45) is 5.28 Å². The zero-order valence-corrected chi connectivity index (χ0v) is 26.9. The fourth-order valence-electron chi connectivity index (χ4n) is 3.73. The number of halogens is 3. The quantitative estimate of drug-likeness (QED) is 0.0641. The smallest absolute Gasteiger partial charge is 0.511 e. The molecule has 3 aromatic rings. The van der Waals surface area contributed by atoms with Gasteiger partial charge in [-0.05, 0) is 58.0 Å². The molecule has 48 heavy (non-hydrogen) atoms. The monoisotopic (exact) mass is 702 g/mol. The van der Waals surface area contributed by atoms with Crippen LogP contribution in [0, 0.1) is 12.1 Å². The van der Waals surface area contributed by atoms with E-state index in [9.17, 15) is 41.5 Å². The number of aromatic nitrogens is 2. The summed E-state index contributed by atoms with van der Waals surface area (Å²) in [5, 5.41) is 29.0. The summed E-state index contributed by atoms with van der Waals surface area (Å²) in [5.74, 6) is 0. The summed E-state index contributed by atoms with van der Waals surface area (Å²) in [6.07, 6.45) is -7.22. The number of hydrazine groups is 1. The SMILES string of the molecule is Cc1ccc(-c2cc(C(F)(F)F)nn2-c2ccc(S(=O)(=O)NC(=O)OCCN(CCO)[N+]([O-])=NOCOC(=O)OC(C)(C)C)cc2)cc1. The molecule has 0 aliphatic heterocycles. The molecular weight excluding hydrogens is 669 g/mol. The standard InChI is InChI=1S/C28H33F3N6O10S/c1-19-5-7-20(8-6-19)23-17-24(28(29,30)31)32-36(23)21-9-11-22(12-10-21)48(42,43)33-25(39)44-16-14-35(13-15-38)37(41)34-46-18-45-26(40)47-27(2,3)4/h5-12,17,38H,13-16,18H2,1-4H3,(H,33,39). The van der Waals surface area contributed by atoms with Crippen LogP contribution in [0.15, 0.2) is 64.8 Å². The molecule has 1 aromatic heterocycles. The Balaban J connectivity index is 1.61. The van der Waals surface area contributed by atoms with Crippen molar-refractivity contribution in [3.05, 3.63) is 71.1 Å². The molecular formula is C28H33F3N6O10S. The van der Waals surface area contributed by atoms with Crippen molar-refractivity contribution < 1.29 is 60.3 Å². The fourth-order valence-corrected chi connectivity index (χ4v) is 4.62. The molecule has 3 rings (SSSR count). The van der Waals surface area contributed by atoms with Crippen molar-refractivity contribution in [1.29, 1.82) is 0 Å². The van der Waals surface area contributed by atoms with Crippen molar-refractivity contribution in [2.75, 3.05) is 33.1 Å². The van der Waals surface area contributed by atoms with Gasteiger partial charge in [-0.15, -0.1) is 5.01 Å². The van der Waals surface area contributed by atoms with E-state index in [1.807, 2.05) is 6.92 Å². The van der Waals surface area contributed by atoms with E-state index in [1.165, 1.54) is 12.1 Å². The Bertz CT molecular complexity index is 1690. The molecule has 2 aromatic carbocycles. The third-order valence-electron chi connectivity index (χ3n) is 5.89. The number of alkyl halides is 3. The largest absolute Gasteiger partial charge is 0.569 e. The van der Waals surface area contributed by atoms with Gasteiger partial charge in [0.2, 0.25) is 5.28 Å². The van der Waals surface area contributed by atoms with Crippen LogP contribution in [-0.4, -0.2) is 84.2 Å². The number of ether oxygens (including phenoxy) is 3. The summed E-state index contributed by atoms with van der Waals surface area (Å²) in [5.41, 5.74) is -0.422. The minimum atomic E-state index is -4.74. The van der Waals surface area contributed by atoms with Crippen LogP contribution in [0.3, 0.4) is 0 Å². The summed E-state index contributed by atoms with van der Waals surface area (Å²) < 4.78 is 83.0. The minimum Gasteiger partial charge on any atom is -0.569 e. The van der Waals surface area contributed by atoms with Gasteiger partial charge in [0.25, 0.3) is 16.8 Å². The van der Waals surface area contributed by atoms with Crippen molar-refractivity contribution in [3.8, 4) is 16.9 Å². The van der Waals surface area contributed by atoms with Gasteiger partial charge in [-0.1, -0.05) is 29.8 Å². The van der Waals surface area contributed by atoms with Crippen molar-refractivity contribution in [2.45, 2.75) is 44.4 Å². The predicted molar refractivity (Wildman–Crippen MR) is 158 cm³/mol. The van der Waals surface area contributed by atoms with Gasteiger partial charge in [0.15, 0.2) is 5.69 Å². The number of sulfonamides is 1. The van der Waals surface area contributed by atoms with Gasteiger partial charge in [-0.3, -0.25) is 0 Å². The molecule has 0 saturated carbocycles. The van der Waals surface area contributed by atoms with E-state index < -0.39 is 64.6 Å². The van der Waals surface area contributed by atoms with Gasteiger partial charge in [0, 0.05) is 5.56 Å². The predicted octanol–water partition coefficient (Wildman–Crippen LogP) is 4.29. The highest BCUT2D eigenvalue weighted by Crippen LogP contribution is 2.33. The molecule has 0 saturated heterocycles. The van der Waals surface area contributed by atoms with Crippen LogP contribution in [0.5, 0.6) is 0 Å². The second kappa shape index (κ2) is 15.7. The first kappa shape index (κ1) is 37.3. The first-order chi connectivity index (χ1) is 22.4. The lowest BCUT2D eigenvalue weighted by atomic mass is 10.1. The molecule has 0 unspecified atom stereocenters. The molecule has 1 amide bonds. The molecule has 20 heteroatoms. The van der Waals surface area contributed by atoms with Gasteiger partial charge in [0.1, 0.15) is 25.3 Å².